The molecule has 1 saturated heterocycles. The van der Waals surface area contributed by atoms with Gasteiger partial charge in [-0.15, -0.1) is 0 Å². The normalized spacial score (nSPS) is 20.9. The second-order valence-electron chi connectivity index (χ2n) is 5.33. The van der Waals surface area contributed by atoms with E-state index >= 15 is 0 Å². The summed E-state index contributed by atoms with van der Waals surface area (Å²) >= 11 is 0. The first-order valence-corrected chi connectivity index (χ1v) is 7.03. The Kier molecular flexibility index (Phi) is 3.95. The Bertz CT molecular complexity index is 735. The second kappa shape index (κ2) is 5.92. The minimum absolute atomic E-state index is 0.142. The van der Waals surface area contributed by atoms with Crippen molar-refractivity contribution in [3.05, 3.63) is 45.8 Å². The molecule has 0 radical (unpaired) electrons. The molecule has 0 aliphatic carbocycles. The van der Waals surface area contributed by atoms with Gasteiger partial charge in [-0.2, -0.15) is 4.98 Å². The van der Waals surface area contributed by atoms with E-state index < -0.39 is 10.7 Å². The Morgan fingerprint density at radius 2 is 2.30 bits per heavy atom. The van der Waals surface area contributed by atoms with Gasteiger partial charge in [-0.1, -0.05) is 5.16 Å². The average Bonchev–Trinajstić information content (AvgIpc) is 3.13. The Morgan fingerprint density at radius 3 is 2.91 bits per heavy atom. The molecule has 0 bridgehead atoms. The molecule has 9 heteroatoms. The second-order valence-corrected chi connectivity index (χ2v) is 5.33. The van der Waals surface area contributed by atoms with E-state index in [-0.39, 0.29) is 17.8 Å². The Balaban J connectivity index is 2.03. The minimum Gasteiger partial charge on any atom is -0.380 e. The number of ether oxygens (including phenoxy) is 1. The summed E-state index contributed by atoms with van der Waals surface area (Å²) in [6, 6.07) is 3.14. The van der Waals surface area contributed by atoms with Gasteiger partial charge in [0.15, 0.2) is 5.82 Å². The number of hydrogen-bond acceptors (Lipinski definition) is 7. The van der Waals surface area contributed by atoms with E-state index in [0.29, 0.717) is 30.4 Å². The quantitative estimate of drug-likeness (QED) is 0.630. The molecule has 1 aromatic heterocycles. The fourth-order valence-electron chi connectivity index (χ4n) is 2.80. The standard InChI is InChI=1S/C14H15FN4O4/c1-8-16-14(23-17-8)13-6-10(22-2)7-18(13)11-4-3-9(15)5-12(11)19(20)21/h3-5,10,13H,6-7H2,1-2H3. The molecule has 122 valence electrons. The monoisotopic (exact) mass is 322 g/mol. The first-order chi connectivity index (χ1) is 11.0. The lowest BCUT2D eigenvalue weighted by atomic mass is 10.1. The molecule has 1 aliphatic heterocycles. The molecule has 3 rings (SSSR count). The molecule has 1 aliphatic rings. The van der Waals surface area contributed by atoms with Crippen LogP contribution in [0.5, 0.6) is 0 Å². The zero-order valence-corrected chi connectivity index (χ0v) is 12.6. The summed E-state index contributed by atoms with van der Waals surface area (Å²) in [5, 5.41) is 15.0. The van der Waals surface area contributed by atoms with Crippen LogP contribution in [0.1, 0.15) is 24.2 Å². The number of halogens is 1. The lowest BCUT2D eigenvalue weighted by Gasteiger charge is -2.23. The molecule has 2 atom stereocenters. The summed E-state index contributed by atoms with van der Waals surface area (Å²) in [5.74, 6) is 0.184. The maximum absolute atomic E-state index is 13.4. The number of nitrogens with zero attached hydrogens (tertiary/aromatic N) is 4. The third-order valence-corrected chi connectivity index (χ3v) is 3.87. The molecule has 2 aromatic rings. The van der Waals surface area contributed by atoms with Crippen LogP contribution in [0.15, 0.2) is 22.7 Å². The Labute approximate surface area is 131 Å². The van der Waals surface area contributed by atoms with Gasteiger partial charge in [0, 0.05) is 20.1 Å². The van der Waals surface area contributed by atoms with Crippen LogP contribution in [0, 0.1) is 22.9 Å². The van der Waals surface area contributed by atoms with Crippen molar-refractivity contribution in [3.8, 4) is 0 Å². The van der Waals surface area contributed by atoms with Crippen molar-refractivity contribution < 1.29 is 18.6 Å². The number of nitro groups is 1. The van der Waals surface area contributed by atoms with E-state index in [9.17, 15) is 14.5 Å². The van der Waals surface area contributed by atoms with Crippen LogP contribution in [0.3, 0.4) is 0 Å². The lowest BCUT2D eigenvalue weighted by molar-refractivity contribution is -0.384. The van der Waals surface area contributed by atoms with Crippen molar-refractivity contribution >= 4 is 11.4 Å². The minimum atomic E-state index is -0.659. The number of methoxy groups -OCH3 is 1. The van der Waals surface area contributed by atoms with E-state index in [1.165, 1.54) is 12.1 Å². The number of anilines is 1. The van der Waals surface area contributed by atoms with Crippen molar-refractivity contribution in [2.75, 3.05) is 18.6 Å². The number of aromatic nitrogens is 2. The van der Waals surface area contributed by atoms with E-state index in [4.69, 9.17) is 9.26 Å². The third kappa shape index (κ3) is 2.87. The van der Waals surface area contributed by atoms with Gasteiger partial charge in [0.05, 0.1) is 17.1 Å². The number of aryl methyl sites for hydroxylation is 1. The fourth-order valence-corrected chi connectivity index (χ4v) is 2.80. The number of hydrogen-bond donors (Lipinski definition) is 0. The van der Waals surface area contributed by atoms with Crippen LogP contribution in [-0.2, 0) is 4.74 Å². The summed E-state index contributed by atoms with van der Waals surface area (Å²) in [7, 11) is 1.57. The summed E-state index contributed by atoms with van der Waals surface area (Å²) in [6.07, 6.45) is 0.406. The molecular weight excluding hydrogens is 307 g/mol. The molecule has 2 unspecified atom stereocenters. The maximum Gasteiger partial charge on any atom is 0.295 e. The highest BCUT2D eigenvalue weighted by molar-refractivity contribution is 5.64. The van der Waals surface area contributed by atoms with Gasteiger partial charge in [0.1, 0.15) is 17.5 Å². The van der Waals surface area contributed by atoms with Gasteiger partial charge >= 0.3 is 0 Å². The highest BCUT2D eigenvalue weighted by atomic mass is 19.1. The summed E-state index contributed by atoms with van der Waals surface area (Å²) in [4.78, 5) is 16.6. The summed E-state index contributed by atoms with van der Waals surface area (Å²) < 4.78 is 24.0. The van der Waals surface area contributed by atoms with Crippen molar-refractivity contribution in [2.24, 2.45) is 0 Å². The largest absolute Gasteiger partial charge is 0.380 e. The molecule has 23 heavy (non-hydrogen) atoms. The van der Waals surface area contributed by atoms with Crippen molar-refractivity contribution in [1.82, 2.24) is 10.1 Å². The van der Waals surface area contributed by atoms with Crippen LogP contribution in [0.2, 0.25) is 0 Å². The summed E-state index contributed by atoms with van der Waals surface area (Å²) in [6.45, 7) is 2.11. The van der Waals surface area contributed by atoms with Crippen LogP contribution < -0.4 is 4.90 Å². The lowest BCUT2D eigenvalue weighted by Crippen LogP contribution is -2.25. The van der Waals surface area contributed by atoms with Gasteiger partial charge in [-0.25, -0.2) is 4.39 Å². The zero-order chi connectivity index (χ0) is 16.6. The summed E-state index contributed by atoms with van der Waals surface area (Å²) in [5.41, 5.74) is -0.000191. The third-order valence-electron chi connectivity index (χ3n) is 3.87. The van der Waals surface area contributed by atoms with E-state index in [1.807, 2.05) is 0 Å². The van der Waals surface area contributed by atoms with Crippen molar-refractivity contribution in [1.29, 1.82) is 0 Å². The van der Waals surface area contributed by atoms with Crippen LogP contribution in [0.25, 0.3) is 0 Å². The number of benzene rings is 1. The van der Waals surface area contributed by atoms with Crippen LogP contribution >= 0.6 is 0 Å². The molecular formula is C14H15FN4O4. The number of nitro benzene ring substituents is 1. The van der Waals surface area contributed by atoms with E-state index in [1.54, 1.807) is 18.9 Å². The van der Waals surface area contributed by atoms with E-state index in [2.05, 4.69) is 10.1 Å². The van der Waals surface area contributed by atoms with Gasteiger partial charge in [0.2, 0.25) is 5.89 Å². The van der Waals surface area contributed by atoms with Gasteiger partial charge in [-0.05, 0) is 19.1 Å². The number of rotatable bonds is 4. The molecule has 2 heterocycles. The highest BCUT2D eigenvalue weighted by Gasteiger charge is 2.39. The predicted molar refractivity (Wildman–Crippen MR) is 77.6 cm³/mol. The predicted octanol–water partition coefficient (Wildman–Crippen LogP) is 2.39. The maximum atomic E-state index is 13.4. The van der Waals surface area contributed by atoms with Crippen molar-refractivity contribution in [3.63, 3.8) is 0 Å². The molecule has 0 amide bonds. The molecule has 0 spiro atoms. The molecule has 1 fully saturated rings. The first kappa shape index (κ1) is 15.3. The van der Waals surface area contributed by atoms with Gasteiger partial charge in [-0.3, -0.25) is 10.1 Å². The Morgan fingerprint density at radius 1 is 1.52 bits per heavy atom. The van der Waals surface area contributed by atoms with Gasteiger partial charge < -0.3 is 14.2 Å². The van der Waals surface area contributed by atoms with Crippen LogP contribution in [-0.4, -0.2) is 34.8 Å². The Hall–Kier alpha value is -2.55. The molecule has 0 N–H and O–H groups in total. The van der Waals surface area contributed by atoms with Crippen LogP contribution in [0.4, 0.5) is 15.8 Å². The zero-order valence-electron chi connectivity index (χ0n) is 12.6. The first-order valence-electron chi connectivity index (χ1n) is 7.03. The highest BCUT2D eigenvalue weighted by Crippen LogP contribution is 2.40. The average molecular weight is 322 g/mol. The fraction of sp³-hybridized carbons (Fsp3) is 0.429. The SMILES string of the molecule is COC1CC(c2nc(C)no2)N(c2ccc(F)cc2[N+](=O)[O-])C1. The van der Waals surface area contributed by atoms with E-state index in [0.717, 1.165) is 6.07 Å². The van der Waals surface area contributed by atoms with Crippen molar-refractivity contribution in [2.45, 2.75) is 25.5 Å². The molecule has 1 aromatic carbocycles. The van der Waals surface area contributed by atoms with Gasteiger partial charge in [0.25, 0.3) is 5.69 Å². The molecule has 8 nitrogen and oxygen atoms in total. The molecule has 0 saturated carbocycles. The topological polar surface area (TPSA) is 94.5 Å². The smallest absolute Gasteiger partial charge is 0.295 e.